The number of urea groups is 1. The molecular weight excluding hydrogens is 340 g/mol. The maximum atomic E-state index is 12.6. The van der Waals surface area contributed by atoms with E-state index in [0.29, 0.717) is 11.1 Å². The molecule has 27 heavy (non-hydrogen) atoms. The van der Waals surface area contributed by atoms with Gasteiger partial charge in [0, 0.05) is 24.2 Å². The first kappa shape index (κ1) is 16.6. The number of hydrogen-bond donors (Lipinski definition) is 0. The van der Waals surface area contributed by atoms with E-state index in [-0.39, 0.29) is 25.0 Å². The molecule has 0 radical (unpaired) electrons. The minimum absolute atomic E-state index is 0.00255. The van der Waals surface area contributed by atoms with Crippen LogP contribution in [0.15, 0.2) is 67.1 Å². The molecule has 1 aromatic carbocycles. The van der Waals surface area contributed by atoms with Crippen LogP contribution < -0.4 is 0 Å². The van der Waals surface area contributed by atoms with Gasteiger partial charge in [-0.1, -0.05) is 36.4 Å². The molecule has 2 aromatic heterocycles. The third-order valence-electron chi connectivity index (χ3n) is 4.53. The maximum absolute atomic E-state index is 12.6. The van der Waals surface area contributed by atoms with E-state index in [0.717, 1.165) is 11.1 Å². The van der Waals surface area contributed by atoms with Gasteiger partial charge in [0.05, 0.1) is 17.6 Å². The van der Waals surface area contributed by atoms with Crippen LogP contribution in [0.4, 0.5) is 4.79 Å². The van der Waals surface area contributed by atoms with E-state index >= 15 is 0 Å². The fourth-order valence-electron chi connectivity index (χ4n) is 3.17. The first-order valence-corrected chi connectivity index (χ1v) is 8.50. The van der Waals surface area contributed by atoms with E-state index in [1.54, 1.807) is 18.5 Å². The van der Waals surface area contributed by atoms with Gasteiger partial charge < -0.3 is 4.40 Å². The number of pyridine rings is 1. The quantitative estimate of drug-likeness (QED) is 0.674. The Bertz CT molecular complexity index is 1090. The highest BCUT2D eigenvalue weighted by atomic mass is 16.2. The van der Waals surface area contributed by atoms with Gasteiger partial charge in [-0.25, -0.2) is 4.79 Å². The predicted molar refractivity (Wildman–Crippen MR) is 100 cm³/mol. The molecule has 0 bridgehead atoms. The van der Waals surface area contributed by atoms with Crippen molar-refractivity contribution in [2.24, 2.45) is 0 Å². The van der Waals surface area contributed by atoms with E-state index in [2.05, 4.69) is 6.07 Å². The maximum Gasteiger partial charge on any atom is 0.331 e. The Hall–Kier alpha value is -3.85. The Kier molecular flexibility index (Phi) is 4.19. The summed E-state index contributed by atoms with van der Waals surface area (Å²) < 4.78 is 1.83. The van der Waals surface area contributed by atoms with Gasteiger partial charge in [-0.05, 0) is 23.8 Å². The Morgan fingerprint density at radius 2 is 1.85 bits per heavy atom. The number of amides is 3. The number of rotatable bonds is 4. The number of imide groups is 1. The molecule has 0 N–H and O–H groups in total. The SMILES string of the molecule is N#Cc1c(CN2C(=O)CN(C=Cc3ccccc3)C2=O)cn2ccccc12. The molecule has 1 aliphatic heterocycles. The lowest BCUT2D eigenvalue weighted by molar-refractivity contribution is -0.125. The number of aromatic nitrogens is 1. The highest BCUT2D eigenvalue weighted by molar-refractivity contribution is 6.02. The normalized spacial score (nSPS) is 14.5. The van der Waals surface area contributed by atoms with Crippen molar-refractivity contribution in [3.8, 4) is 6.07 Å². The largest absolute Gasteiger partial charge is 0.331 e. The Balaban J connectivity index is 1.57. The molecule has 1 aliphatic rings. The summed E-state index contributed by atoms with van der Waals surface area (Å²) in [6, 6.07) is 16.9. The van der Waals surface area contributed by atoms with E-state index in [1.807, 2.05) is 59.1 Å². The first-order chi connectivity index (χ1) is 13.2. The monoisotopic (exact) mass is 356 g/mol. The summed E-state index contributed by atoms with van der Waals surface area (Å²) in [5, 5.41) is 9.50. The molecule has 0 saturated carbocycles. The lowest BCUT2D eigenvalue weighted by atomic mass is 10.1. The molecule has 6 heteroatoms. The second-order valence-corrected chi connectivity index (χ2v) is 6.25. The third kappa shape index (κ3) is 3.07. The number of hydrogen-bond acceptors (Lipinski definition) is 3. The summed E-state index contributed by atoms with van der Waals surface area (Å²) in [5.41, 5.74) is 2.84. The van der Waals surface area contributed by atoms with Crippen LogP contribution in [0.2, 0.25) is 0 Å². The second-order valence-electron chi connectivity index (χ2n) is 6.25. The number of carbonyl (C=O) groups excluding carboxylic acids is 2. The van der Waals surface area contributed by atoms with Crippen molar-refractivity contribution in [2.75, 3.05) is 6.54 Å². The van der Waals surface area contributed by atoms with Crippen molar-refractivity contribution in [1.82, 2.24) is 14.2 Å². The molecule has 1 fully saturated rings. The van der Waals surface area contributed by atoms with E-state index in [1.165, 1.54) is 9.80 Å². The van der Waals surface area contributed by atoms with Crippen LogP contribution in [0.25, 0.3) is 11.6 Å². The smallest absolute Gasteiger partial charge is 0.322 e. The Morgan fingerprint density at radius 3 is 2.63 bits per heavy atom. The molecule has 0 atom stereocenters. The lowest BCUT2D eigenvalue weighted by Crippen LogP contribution is -2.30. The zero-order valence-electron chi connectivity index (χ0n) is 14.4. The number of fused-ring (bicyclic) bond motifs is 1. The topological polar surface area (TPSA) is 68.8 Å². The number of nitriles is 1. The van der Waals surface area contributed by atoms with Crippen LogP contribution in [0.5, 0.6) is 0 Å². The summed E-state index contributed by atoms with van der Waals surface area (Å²) in [5.74, 6) is -0.281. The number of benzene rings is 1. The van der Waals surface area contributed by atoms with Gasteiger partial charge in [-0.2, -0.15) is 5.26 Å². The minimum atomic E-state index is -0.383. The van der Waals surface area contributed by atoms with Gasteiger partial charge in [-0.15, -0.1) is 0 Å². The van der Waals surface area contributed by atoms with Gasteiger partial charge in [0.15, 0.2) is 0 Å². The summed E-state index contributed by atoms with van der Waals surface area (Å²) in [4.78, 5) is 27.6. The van der Waals surface area contributed by atoms with Crippen molar-refractivity contribution in [2.45, 2.75) is 6.54 Å². The molecule has 6 nitrogen and oxygen atoms in total. The molecule has 4 rings (SSSR count). The predicted octanol–water partition coefficient (Wildman–Crippen LogP) is 3.25. The number of nitrogens with zero attached hydrogens (tertiary/aromatic N) is 4. The summed E-state index contributed by atoms with van der Waals surface area (Å²) in [6.07, 6.45) is 7.04. The van der Waals surface area contributed by atoms with Gasteiger partial charge in [0.1, 0.15) is 12.6 Å². The first-order valence-electron chi connectivity index (χ1n) is 8.50. The second kappa shape index (κ2) is 6.81. The van der Waals surface area contributed by atoms with Crippen molar-refractivity contribution in [1.29, 1.82) is 5.26 Å². The van der Waals surface area contributed by atoms with Crippen molar-refractivity contribution >= 4 is 23.5 Å². The van der Waals surface area contributed by atoms with E-state index < -0.39 is 0 Å². The molecule has 0 unspecified atom stereocenters. The minimum Gasteiger partial charge on any atom is -0.322 e. The highest BCUT2D eigenvalue weighted by Crippen LogP contribution is 2.22. The zero-order chi connectivity index (χ0) is 18.8. The van der Waals surface area contributed by atoms with Gasteiger partial charge in [0.2, 0.25) is 0 Å². The molecule has 132 valence electrons. The summed E-state index contributed by atoms with van der Waals surface area (Å²) >= 11 is 0. The fourth-order valence-corrected chi connectivity index (χ4v) is 3.17. The molecule has 3 heterocycles. The standard InChI is InChI=1S/C21H16N4O2/c22-12-18-17(13-23-10-5-4-8-19(18)23)14-25-20(26)15-24(21(25)27)11-9-16-6-2-1-3-7-16/h1-11,13H,14-15H2. The highest BCUT2D eigenvalue weighted by Gasteiger charge is 2.35. The number of carbonyl (C=O) groups is 2. The lowest BCUT2D eigenvalue weighted by Gasteiger charge is -2.13. The fraction of sp³-hybridized carbons (Fsp3) is 0.0952. The molecule has 0 spiro atoms. The third-order valence-corrected chi connectivity index (χ3v) is 4.53. The molecule has 0 aliphatic carbocycles. The van der Waals surface area contributed by atoms with Crippen LogP contribution in [-0.2, 0) is 11.3 Å². The van der Waals surface area contributed by atoms with Crippen molar-refractivity contribution in [3.63, 3.8) is 0 Å². The Morgan fingerprint density at radius 1 is 1.07 bits per heavy atom. The molecule has 3 aromatic rings. The van der Waals surface area contributed by atoms with E-state index in [9.17, 15) is 14.9 Å². The van der Waals surface area contributed by atoms with Crippen LogP contribution in [0.3, 0.4) is 0 Å². The van der Waals surface area contributed by atoms with Crippen molar-refractivity contribution in [3.05, 3.63) is 83.8 Å². The summed E-state index contributed by atoms with van der Waals surface area (Å²) in [6.45, 7) is 0.0787. The van der Waals surface area contributed by atoms with Crippen LogP contribution in [0, 0.1) is 11.3 Å². The molecular formula is C21H16N4O2. The van der Waals surface area contributed by atoms with Crippen LogP contribution >= 0.6 is 0 Å². The Labute approximate surface area is 156 Å². The van der Waals surface area contributed by atoms with E-state index in [4.69, 9.17) is 0 Å². The summed E-state index contributed by atoms with van der Waals surface area (Å²) in [7, 11) is 0. The van der Waals surface area contributed by atoms with Crippen LogP contribution in [-0.4, -0.2) is 32.7 Å². The molecule has 3 amide bonds. The van der Waals surface area contributed by atoms with Gasteiger partial charge >= 0.3 is 6.03 Å². The zero-order valence-corrected chi connectivity index (χ0v) is 14.4. The average Bonchev–Trinajstić information content (AvgIpc) is 3.18. The molecule has 1 saturated heterocycles. The average molecular weight is 356 g/mol. The van der Waals surface area contributed by atoms with Gasteiger partial charge in [-0.3, -0.25) is 14.6 Å². The van der Waals surface area contributed by atoms with Gasteiger partial charge in [0.25, 0.3) is 5.91 Å². The van der Waals surface area contributed by atoms with Crippen LogP contribution in [0.1, 0.15) is 16.7 Å². The van der Waals surface area contributed by atoms with Crippen molar-refractivity contribution < 1.29 is 9.59 Å².